The Kier molecular flexibility index (Phi) is 3.59. The number of halogens is 2. The fourth-order valence-corrected chi connectivity index (χ4v) is 3.43. The molecule has 0 spiro atoms. The summed E-state index contributed by atoms with van der Waals surface area (Å²) in [7, 11) is 0. The van der Waals surface area contributed by atoms with E-state index in [-0.39, 0.29) is 11.8 Å². The highest BCUT2D eigenvalue weighted by Crippen LogP contribution is 2.56. The number of aliphatic hydroxyl groups is 1. The highest BCUT2D eigenvalue weighted by molar-refractivity contribution is 6.30. The summed E-state index contributed by atoms with van der Waals surface area (Å²) in [4.78, 5) is 7.95. The second kappa shape index (κ2) is 5.54. The number of nitrogens with zero attached hydrogens (tertiary/aromatic N) is 6. The molecule has 1 N–H and O–H groups in total. The van der Waals surface area contributed by atoms with E-state index in [1.54, 1.807) is 34.2 Å². The number of hydrogen-bond donors (Lipinski definition) is 1. The zero-order valence-corrected chi connectivity index (χ0v) is 14.1. The third kappa shape index (κ3) is 2.40. The molecule has 1 saturated carbocycles. The molecule has 3 aromatic rings. The summed E-state index contributed by atoms with van der Waals surface area (Å²) in [6.07, 6.45) is 6.07. The van der Waals surface area contributed by atoms with Crippen molar-refractivity contribution in [1.29, 1.82) is 0 Å². The molecular formula is C15H14Cl2N6O. The van der Waals surface area contributed by atoms with Crippen LogP contribution in [0.2, 0.25) is 10.3 Å². The van der Waals surface area contributed by atoms with E-state index in [1.165, 1.54) is 6.33 Å². The fourth-order valence-electron chi connectivity index (χ4n) is 3.18. The van der Waals surface area contributed by atoms with Crippen molar-refractivity contribution < 1.29 is 5.11 Å². The van der Waals surface area contributed by atoms with Crippen LogP contribution in [0.15, 0.2) is 43.2 Å². The van der Waals surface area contributed by atoms with Gasteiger partial charge in [0.05, 0.1) is 12.1 Å². The molecule has 1 aliphatic carbocycles. The van der Waals surface area contributed by atoms with E-state index in [0.717, 1.165) is 18.4 Å². The molecule has 0 aliphatic heterocycles. The van der Waals surface area contributed by atoms with Gasteiger partial charge < -0.3 is 5.11 Å². The Morgan fingerprint density at radius 3 is 2.46 bits per heavy atom. The van der Waals surface area contributed by atoms with Crippen LogP contribution in [0.25, 0.3) is 0 Å². The van der Waals surface area contributed by atoms with E-state index in [2.05, 4.69) is 20.2 Å². The first-order valence-corrected chi connectivity index (χ1v) is 8.18. The Morgan fingerprint density at radius 2 is 1.92 bits per heavy atom. The lowest BCUT2D eigenvalue weighted by atomic mass is 9.83. The molecule has 1 unspecified atom stereocenters. The second-order valence-electron chi connectivity index (χ2n) is 5.95. The molecule has 9 heteroatoms. The van der Waals surface area contributed by atoms with Crippen LogP contribution in [0.5, 0.6) is 0 Å². The van der Waals surface area contributed by atoms with Crippen LogP contribution in [-0.4, -0.2) is 34.6 Å². The average Bonchev–Trinajstić information content (AvgIpc) is 3.02. The molecule has 1 aliphatic rings. The van der Waals surface area contributed by atoms with Crippen LogP contribution < -0.4 is 0 Å². The van der Waals surface area contributed by atoms with E-state index in [1.807, 2.05) is 12.1 Å². The molecule has 2 heterocycles. The third-order valence-corrected chi connectivity index (χ3v) is 5.00. The Bertz CT molecular complexity index is 843. The predicted molar refractivity (Wildman–Crippen MR) is 87.6 cm³/mol. The number of hydrogen-bond acceptors (Lipinski definition) is 5. The zero-order valence-electron chi connectivity index (χ0n) is 12.5. The van der Waals surface area contributed by atoms with E-state index in [9.17, 15) is 5.11 Å². The summed E-state index contributed by atoms with van der Waals surface area (Å²) < 4.78 is 3.26. The molecule has 124 valence electrons. The quantitative estimate of drug-likeness (QED) is 0.750. The normalized spacial score (nSPS) is 18.3. The lowest BCUT2D eigenvalue weighted by molar-refractivity contribution is -0.0551. The third-order valence-electron chi connectivity index (χ3n) is 4.58. The van der Waals surface area contributed by atoms with Gasteiger partial charge in [-0.05, 0) is 42.1 Å². The topological polar surface area (TPSA) is 81.6 Å². The minimum absolute atomic E-state index is 0.153. The van der Waals surface area contributed by atoms with Gasteiger partial charge in [0, 0.05) is 5.02 Å². The van der Waals surface area contributed by atoms with E-state index in [0.29, 0.717) is 5.02 Å². The molecule has 7 nitrogen and oxygen atoms in total. The lowest BCUT2D eigenvalue weighted by Crippen LogP contribution is -2.47. The number of benzene rings is 1. The van der Waals surface area contributed by atoms with Crippen molar-refractivity contribution in [2.75, 3.05) is 0 Å². The highest BCUT2D eigenvalue weighted by atomic mass is 35.5. The Labute approximate surface area is 147 Å². The van der Waals surface area contributed by atoms with E-state index < -0.39 is 11.1 Å². The van der Waals surface area contributed by atoms with Crippen LogP contribution in [-0.2, 0) is 17.7 Å². The molecule has 0 bridgehead atoms. The lowest BCUT2D eigenvalue weighted by Gasteiger charge is -2.37. The van der Waals surface area contributed by atoms with Crippen molar-refractivity contribution in [3.8, 4) is 0 Å². The maximum Gasteiger partial charge on any atom is 0.242 e. The molecule has 1 aromatic carbocycles. The molecule has 1 fully saturated rings. The maximum absolute atomic E-state index is 11.7. The SMILES string of the molecule is OC(Cn1cncn1)(c1ccc(Cl)cc1)C1(n2cnc(Cl)n2)CC1. The standard InChI is InChI=1S/C15H14Cl2N6O/c16-12-3-1-11(2-4-12)15(24,7-22-9-18-8-20-22)14(5-6-14)23-10-19-13(17)21-23/h1-4,8-10,24H,5-7H2. The molecular weight excluding hydrogens is 351 g/mol. The largest absolute Gasteiger partial charge is 0.381 e. The van der Waals surface area contributed by atoms with Gasteiger partial charge in [-0.2, -0.15) is 5.10 Å². The summed E-state index contributed by atoms with van der Waals surface area (Å²) in [6.45, 7) is 0.228. The Morgan fingerprint density at radius 1 is 1.17 bits per heavy atom. The molecule has 0 radical (unpaired) electrons. The summed E-state index contributed by atoms with van der Waals surface area (Å²) in [5, 5.41) is 20.9. The van der Waals surface area contributed by atoms with Gasteiger partial charge in [-0.3, -0.25) is 0 Å². The Balaban J connectivity index is 1.82. The first-order valence-electron chi connectivity index (χ1n) is 7.42. The van der Waals surface area contributed by atoms with Crippen molar-refractivity contribution in [1.82, 2.24) is 29.5 Å². The van der Waals surface area contributed by atoms with Gasteiger partial charge in [0.25, 0.3) is 0 Å². The van der Waals surface area contributed by atoms with E-state index >= 15 is 0 Å². The van der Waals surface area contributed by atoms with Crippen LogP contribution >= 0.6 is 23.2 Å². The molecule has 24 heavy (non-hydrogen) atoms. The van der Waals surface area contributed by atoms with Gasteiger partial charge >= 0.3 is 0 Å². The van der Waals surface area contributed by atoms with Crippen LogP contribution in [0.4, 0.5) is 0 Å². The smallest absolute Gasteiger partial charge is 0.242 e. The molecule has 1 atom stereocenters. The summed E-state index contributed by atoms with van der Waals surface area (Å²) in [6, 6.07) is 7.15. The molecule has 4 rings (SSSR count). The Hall–Kier alpha value is -1.96. The highest BCUT2D eigenvalue weighted by Gasteiger charge is 2.62. The fraction of sp³-hybridized carbons (Fsp3) is 0.333. The van der Waals surface area contributed by atoms with Gasteiger partial charge in [0.15, 0.2) is 0 Å². The van der Waals surface area contributed by atoms with Crippen molar-refractivity contribution in [3.63, 3.8) is 0 Å². The minimum atomic E-state index is -1.26. The van der Waals surface area contributed by atoms with Gasteiger partial charge in [0.2, 0.25) is 5.28 Å². The van der Waals surface area contributed by atoms with Gasteiger partial charge in [-0.25, -0.2) is 19.3 Å². The van der Waals surface area contributed by atoms with Crippen LogP contribution in [0, 0.1) is 0 Å². The average molecular weight is 365 g/mol. The predicted octanol–water partition coefficient (Wildman–Crippen LogP) is 2.25. The molecule has 0 amide bonds. The summed E-state index contributed by atoms with van der Waals surface area (Å²) in [5.41, 5.74) is -1.17. The van der Waals surface area contributed by atoms with Gasteiger partial charge in [0.1, 0.15) is 24.6 Å². The minimum Gasteiger partial charge on any atom is -0.381 e. The monoisotopic (exact) mass is 364 g/mol. The van der Waals surface area contributed by atoms with Crippen molar-refractivity contribution in [2.24, 2.45) is 0 Å². The molecule has 0 saturated heterocycles. The van der Waals surface area contributed by atoms with Crippen LogP contribution in [0.1, 0.15) is 18.4 Å². The van der Waals surface area contributed by atoms with Crippen molar-refractivity contribution >= 4 is 23.2 Å². The zero-order chi connectivity index (χ0) is 16.8. The van der Waals surface area contributed by atoms with Crippen molar-refractivity contribution in [3.05, 3.63) is 59.1 Å². The second-order valence-corrected chi connectivity index (χ2v) is 6.72. The number of rotatable bonds is 5. The van der Waals surface area contributed by atoms with Crippen LogP contribution in [0.3, 0.4) is 0 Å². The van der Waals surface area contributed by atoms with Gasteiger partial charge in [-0.1, -0.05) is 23.7 Å². The first kappa shape index (κ1) is 15.6. The maximum atomic E-state index is 11.7. The van der Waals surface area contributed by atoms with E-state index in [4.69, 9.17) is 23.2 Å². The van der Waals surface area contributed by atoms with Crippen molar-refractivity contribution in [2.45, 2.75) is 30.5 Å². The summed E-state index contributed by atoms with van der Waals surface area (Å²) >= 11 is 11.9. The molecule has 2 aromatic heterocycles. The number of aromatic nitrogens is 6. The summed E-state index contributed by atoms with van der Waals surface area (Å²) in [5.74, 6) is 0. The first-order chi connectivity index (χ1) is 11.5. The van der Waals surface area contributed by atoms with Gasteiger partial charge in [-0.15, -0.1) is 5.10 Å².